The molecular formula is C13H9BrFN3. The zero-order valence-electron chi connectivity index (χ0n) is 9.35. The largest absolute Gasteiger partial charge is 0.286 e. The first-order valence-electron chi connectivity index (χ1n) is 5.46. The highest BCUT2D eigenvalue weighted by molar-refractivity contribution is 9.10. The monoisotopic (exact) mass is 305 g/mol. The molecule has 0 fully saturated rings. The molecule has 0 saturated carbocycles. The summed E-state index contributed by atoms with van der Waals surface area (Å²) in [4.78, 5) is 0. The Hall–Kier alpha value is -1.75. The lowest BCUT2D eigenvalue weighted by atomic mass is 10.1. The first kappa shape index (κ1) is 11.3. The van der Waals surface area contributed by atoms with Crippen molar-refractivity contribution in [3.63, 3.8) is 0 Å². The number of pyridine rings is 1. The van der Waals surface area contributed by atoms with Gasteiger partial charge in [-0.15, -0.1) is 10.2 Å². The van der Waals surface area contributed by atoms with Crippen molar-refractivity contribution in [3.05, 3.63) is 64.3 Å². The average Bonchev–Trinajstić information content (AvgIpc) is 2.74. The summed E-state index contributed by atoms with van der Waals surface area (Å²) < 4.78 is 15.7. The highest BCUT2D eigenvalue weighted by atomic mass is 79.9. The van der Waals surface area contributed by atoms with Crippen molar-refractivity contribution in [2.24, 2.45) is 0 Å². The summed E-state index contributed by atoms with van der Waals surface area (Å²) in [5.74, 6) is 0.609. The molecule has 90 valence electrons. The third-order valence-corrected chi connectivity index (χ3v) is 3.21. The molecule has 3 aromatic rings. The van der Waals surface area contributed by atoms with Crippen molar-refractivity contribution in [1.82, 2.24) is 14.6 Å². The lowest BCUT2D eigenvalue weighted by Gasteiger charge is -2.00. The predicted octanol–water partition coefficient (Wildman–Crippen LogP) is 3.22. The number of nitrogens with zero attached hydrogens (tertiary/aromatic N) is 3. The van der Waals surface area contributed by atoms with Gasteiger partial charge in [-0.05, 0) is 29.8 Å². The van der Waals surface area contributed by atoms with Crippen molar-refractivity contribution in [3.8, 4) is 0 Å². The molecule has 1 aromatic carbocycles. The Morgan fingerprint density at radius 2 is 1.89 bits per heavy atom. The van der Waals surface area contributed by atoms with E-state index in [1.54, 1.807) is 12.1 Å². The molecule has 18 heavy (non-hydrogen) atoms. The number of benzene rings is 1. The van der Waals surface area contributed by atoms with E-state index in [4.69, 9.17) is 0 Å². The van der Waals surface area contributed by atoms with Crippen LogP contribution >= 0.6 is 15.9 Å². The lowest BCUT2D eigenvalue weighted by Crippen LogP contribution is -1.96. The zero-order chi connectivity index (χ0) is 12.5. The second kappa shape index (κ2) is 4.49. The molecule has 3 nitrogen and oxygen atoms in total. The molecule has 0 saturated heterocycles. The van der Waals surface area contributed by atoms with Crippen LogP contribution in [0.3, 0.4) is 0 Å². The van der Waals surface area contributed by atoms with Crippen LogP contribution in [-0.2, 0) is 6.42 Å². The second-order valence-corrected chi connectivity index (χ2v) is 4.91. The Balaban J connectivity index is 1.97. The third kappa shape index (κ3) is 2.13. The van der Waals surface area contributed by atoms with E-state index in [0.29, 0.717) is 6.42 Å². The fraction of sp³-hybridized carbons (Fsp3) is 0.0769. The Morgan fingerprint density at radius 3 is 2.67 bits per heavy atom. The van der Waals surface area contributed by atoms with Crippen LogP contribution in [0, 0.1) is 5.82 Å². The number of hydrogen-bond donors (Lipinski definition) is 0. The van der Waals surface area contributed by atoms with E-state index >= 15 is 0 Å². The van der Waals surface area contributed by atoms with Gasteiger partial charge in [-0.1, -0.05) is 28.1 Å². The molecular weight excluding hydrogens is 297 g/mol. The molecule has 2 heterocycles. The molecule has 0 unspecified atom stereocenters. The van der Waals surface area contributed by atoms with Gasteiger partial charge in [0, 0.05) is 17.1 Å². The summed E-state index contributed by atoms with van der Waals surface area (Å²) in [6, 6.07) is 10.3. The van der Waals surface area contributed by atoms with Gasteiger partial charge in [-0.3, -0.25) is 4.40 Å². The molecule has 0 aliphatic rings. The van der Waals surface area contributed by atoms with Crippen LogP contribution in [0.5, 0.6) is 0 Å². The summed E-state index contributed by atoms with van der Waals surface area (Å²) in [7, 11) is 0. The van der Waals surface area contributed by atoms with Crippen LogP contribution in [0.1, 0.15) is 11.4 Å². The van der Waals surface area contributed by atoms with Gasteiger partial charge in [0.1, 0.15) is 11.6 Å². The molecule has 3 rings (SSSR count). The molecule has 2 aromatic heterocycles. The fourth-order valence-corrected chi connectivity index (χ4v) is 2.14. The van der Waals surface area contributed by atoms with Crippen LogP contribution < -0.4 is 0 Å². The summed E-state index contributed by atoms with van der Waals surface area (Å²) in [6.45, 7) is 0. The summed E-state index contributed by atoms with van der Waals surface area (Å²) >= 11 is 3.39. The summed E-state index contributed by atoms with van der Waals surface area (Å²) in [5, 5.41) is 8.25. The van der Waals surface area contributed by atoms with E-state index in [-0.39, 0.29) is 5.82 Å². The lowest BCUT2D eigenvalue weighted by molar-refractivity contribution is 0.627. The maximum Gasteiger partial charge on any atom is 0.161 e. The first-order chi connectivity index (χ1) is 8.72. The molecule has 0 spiro atoms. The Labute approximate surface area is 111 Å². The molecule has 0 N–H and O–H groups in total. The molecule has 5 heteroatoms. The van der Waals surface area contributed by atoms with Crippen LogP contribution in [-0.4, -0.2) is 14.6 Å². The number of fused-ring (bicyclic) bond motifs is 1. The first-order valence-corrected chi connectivity index (χ1v) is 6.25. The van der Waals surface area contributed by atoms with Crippen molar-refractivity contribution in [2.75, 3.05) is 0 Å². The van der Waals surface area contributed by atoms with E-state index in [1.165, 1.54) is 12.1 Å². The number of rotatable bonds is 2. The van der Waals surface area contributed by atoms with E-state index in [0.717, 1.165) is 21.5 Å². The van der Waals surface area contributed by atoms with Gasteiger partial charge >= 0.3 is 0 Å². The molecule has 0 atom stereocenters. The fourth-order valence-electron chi connectivity index (χ4n) is 1.82. The van der Waals surface area contributed by atoms with Gasteiger partial charge in [0.25, 0.3) is 0 Å². The van der Waals surface area contributed by atoms with Crippen molar-refractivity contribution in [2.45, 2.75) is 6.42 Å². The standard InChI is InChI=1S/C13H9BrFN3/c14-10-5-6-18-12(16-17-13(18)8-10)7-9-1-3-11(15)4-2-9/h1-6,8H,7H2. The maximum absolute atomic E-state index is 12.8. The van der Waals surface area contributed by atoms with Gasteiger partial charge in [0.05, 0.1) is 0 Å². The molecule has 0 bridgehead atoms. The quantitative estimate of drug-likeness (QED) is 0.727. The van der Waals surface area contributed by atoms with Crippen LogP contribution in [0.15, 0.2) is 47.1 Å². The Bertz CT molecular complexity index is 691. The van der Waals surface area contributed by atoms with E-state index in [9.17, 15) is 4.39 Å². The van der Waals surface area contributed by atoms with Crippen LogP contribution in [0.25, 0.3) is 5.65 Å². The summed E-state index contributed by atoms with van der Waals surface area (Å²) in [6.07, 6.45) is 2.54. The van der Waals surface area contributed by atoms with Gasteiger partial charge in [0.2, 0.25) is 0 Å². The van der Waals surface area contributed by atoms with Crippen LogP contribution in [0.4, 0.5) is 4.39 Å². The minimum atomic E-state index is -0.228. The summed E-state index contributed by atoms with van der Waals surface area (Å²) in [5.41, 5.74) is 1.80. The molecule has 0 aliphatic carbocycles. The average molecular weight is 306 g/mol. The Morgan fingerprint density at radius 1 is 1.11 bits per heavy atom. The molecule has 0 amide bonds. The maximum atomic E-state index is 12.8. The Kier molecular flexibility index (Phi) is 2.83. The van der Waals surface area contributed by atoms with Crippen molar-refractivity contribution in [1.29, 1.82) is 0 Å². The minimum Gasteiger partial charge on any atom is -0.286 e. The van der Waals surface area contributed by atoms with Crippen LogP contribution in [0.2, 0.25) is 0 Å². The number of halogens is 2. The van der Waals surface area contributed by atoms with Gasteiger partial charge in [0.15, 0.2) is 5.65 Å². The van der Waals surface area contributed by atoms with E-state index < -0.39 is 0 Å². The molecule has 0 aliphatic heterocycles. The van der Waals surface area contributed by atoms with E-state index in [2.05, 4.69) is 26.1 Å². The van der Waals surface area contributed by atoms with Crippen molar-refractivity contribution < 1.29 is 4.39 Å². The predicted molar refractivity (Wildman–Crippen MR) is 69.9 cm³/mol. The third-order valence-electron chi connectivity index (χ3n) is 2.72. The zero-order valence-corrected chi connectivity index (χ0v) is 10.9. The van der Waals surface area contributed by atoms with Gasteiger partial charge < -0.3 is 0 Å². The topological polar surface area (TPSA) is 30.2 Å². The van der Waals surface area contributed by atoms with Crippen molar-refractivity contribution >= 4 is 21.6 Å². The smallest absolute Gasteiger partial charge is 0.161 e. The van der Waals surface area contributed by atoms with E-state index in [1.807, 2.05) is 22.7 Å². The highest BCUT2D eigenvalue weighted by Crippen LogP contribution is 2.15. The normalized spacial score (nSPS) is 11.0. The van der Waals surface area contributed by atoms with Gasteiger partial charge in [-0.25, -0.2) is 4.39 Å². The number of aromatic nitrogens is 3. The van der Waals surface area contributed by atoms with Gasteiger partial charge in [-0.2, -0.15) is 0 Å². The SMILES string of the molecule is Fc1ccc(Cc2nnc3cc(Br)ccn23)cc1. The second-order valence-electron chi connectivity index (χ2n) is 3.99. The minimum absolute atomic E-state index is 0.228. The number of hydrogen-bond acceptors (Lipinski definition) is 2. The molecule has 0 radical (unpaired) electrons. The highest BCUT2D eigenvalue weighted by Gasteiger charge is 2.06.